The first-order valence-corrected chi connectivity index (χ1v) is 11.3. The zero-order valence-corrected chi connectivity index (χ0v) is 19.2. The Hall–Kier alpha value is -0.910. The number of aliphatic carboxylic acids is 1. The monoisotopic (exact) mass is 409 g/mol. The van der Waals surface area contributed by atoms with E-state index in [4.69, 9.17) is 9.90 Å². The van der Waals surface area contributed by atoms with Crippen molar-refractivity contribution in [2.45, 2.75) is 71.8 Å². The molecule has 0 aromatic carbocycles. The van der Waals surface area contributed by atoms with E-state index >= 15 is 0 Å². The van der Waals surface area contributed by atoms with E-state index in [9.17, 15) is 10.2 Å². The molecule has 0 aliphatic heterocycles. The van der Waals surface area contributed by atoms with Crippen molar-refractivity contribution in [3.05, 3.63) is 12.2 Å². The highest BCUT2D eigenvalue weighted by Crippen LogP contribution is 2.63. The number of hydrogen-bond acceptors (Lipinski definition) is 4. The molecule has 3 aliphatic carbocycles. The van der Waals surface area contributed by atoms with Gasteiger partial charge in [-0.05, 0) is 93.5 Å². The number of nitrogens with zero attached hydrogens (tertiary/aromatic N) is 1. The van der Waals surface area contributed by atoms with Gasteiger partial charge in [0.1, 0.15) is 0 Å². The van der Waals surface area contributed by atoms with Crippen LogP contribution in [0, 0.1) is 34.5 Å². The van der Waals surface area contributed by atoms with E-state index in [1.807, 2.05) is 0 Å². The van der Waals surface area contributed by atoms with E-state index in [1.54, 1.807) is 0 Å². The normalized spacial score (nSPS) is 42.2. The number of aliphatic hydroxyl groups excluding tert-OH is 2. The molecule has 3 rings (SSSR count). The first-order chi connectivity index (χ1) is 13.5. The van der Waals surface area contributed by atoms with Gasteiger partial charge in [-0.1, -0.05) is 26.0 Å². The molecule has 0 aromatic rings. The summed E-state index contributed by atoms with van der Waals surface area (Å²) in [6.45, 7) is 11.7. The second-order valence-corrected chi connectivity index (χ2v) is 10.6. The number of carboxylic acids is 1. The van der Waals surface area contributed by atoms with E-state index in [0.29, 0.717) is 17.3 Å². The Labute approximate surface area is 177 Å². The maximum absolute atomic E-state index is 10.1. The highest BCUT2D eigenvalue weighted by Gasteiger charge is 2.56. The molecule has 0 bridgehead atoms. The van der Waals surface area contributed by atoms with E-state index < -0.39 is 5.97 Å². The Morgan fingerprint density at radius 2 is 1.79 bits per heavy atom. The number of fused-ring (bicyclic) bond motifs is 1. The molecule has 3 aliphatic rings. The first kappa shape index (κ1) is 24.4. The van der Waals surface area contributed by atoms with E-state index in [0.717, 1.165) is 38.6 Å². The quantitative estimate of drug-likeness (QED) is 0.616. The summed E-state index contributed by atoms with van der Waals surface area (Å²) in [4.78, 5) is 11.4. The lowest BCUT2D eigenvalue weighted by Crippen LogP contribution is -2.53. The molecule has 0 saturated heterocycles. The summed E-state index contributed by atoms with van der Waals surface area (Å²) < 4.78 is 0. The van der Waals surface area contributed by atoms with E-state index in [2.05, 4.69) is 39.4 Å². The van der Waals surface area contributed by atoms with Crippen LogP contribution in [0.1, 0.15) is 65.7 Å². The van der Waals surface area contributed by atoms with Crippen molar-refractivity contribution in [2.24, 2.45) is 34.5 Å². The topological polar surface area (TPSA) is 81.0 Å². The molecule has 0 aromatic heterocycles. The molecule has 0 spiro atoms. The first-order valence-electron chi connectivity index (χ1n) is 11.3. The number of aliphatic hydroxyl groups is 2. The predicted octanol–water partition coefficient (Wildman–Crippen LogP) is 3.80. The van der Waals surface area contributed by atoms with Crippen LogP contribution in [0.4, 0.5) is 0 Å². The van der Waals surface area contributed by atoms with Crippen LogP contribution in [0.15, 0.2) is 12.2 Å². The smallest absolute Gasteiger partial charge is 0.300 e. The Balaban J connectivity index is 0.000000687. The lowest BCUT2D eigenvalue weighted by atomic mass is 9.49. The van der Waals surface area contributed by atoms with Gasteiger partial charge in [0.15, 0.2) is 0 Å². The maximum atomic E-state index is 10.1. The van der Waals surface area contributed by atoms with Crippen LogP contribution < -0.4 is 0 Å². The van der Waals surface area contributed by atoms with Crippen molar-refractivity contribution in [3.63, 3.8) is 0 Å². The lowest BCUT2D eigenvalue weighted by Gasteiger charge is -2.57. The molecule has 0 heterocycles. The number of carboxylic acid groups (broad SMARTS) is 1. The second kappa shape index (κ2) is 9.49. The number of allylic oxidation sites excluding steroid dienone is 1. The SMILES string of the molecule is C=C1CC[C@H]2[C@H](CN(C)C)[C@@H]([C@@]3(C)CC[C@H](O)C[C@@H]3CO)CC[C@]12C.CC(=O)O. The largest absolute Gasteiger partial charge is 0.481 e. The molecule has 5 heteroatoms. The van der Waals surface area contributed by atoms with Crippen LogP contribution in [0.5, 0.6) is 0 Å². The van der Waals surface area contributed by atoms with Crippen LogP contribution in [-0.2, 0) is 4.79 Å². The summed E-state index contributed by atoms with van der Waals surface area (Å²) in [6.07, 6.45) is 7.47. The van der Waals surface area contributed by atoms with Crippen molar-refractivity contribution in [3.8, 4) is 0 Å². The van der Waals surface area contributed by atoms with Gasteiger partial charge in [0.25, 0.3) is 5.97 Å². The molecule has 0 unspecified atom stereocenters. The standard InChI is InChI=1S/C22H39NO2.C2H4O2/c1-15-6-7-19-18(13-23(4)5)20(9-11-21(15,19)2)22(3)10-8-17(25)12-16(22)14-24;1-2(3)4/h16-20,24-25H,1,6-14H2,2-5H3;1H3,(H,3,4)/t16-,17+,18+,19+,20+,21-,22+;/m1./s1. The summed E-state index contributed by atoms with van der Waals surface area (Å²) >= 11 is 0. The zero-order chi connectivity index (χ0) is 22.0. The van der Waals surface area contributed by atoms with Gasteiger partial charge in [-0.2, -0.15) is 0 Å². The fourth-order valence-corrected chi connectivity index (χ4v) is 6.86. The van der Waals surface area contributed by atoms with Crippen molar-refractivity contribution in [1.82, 2.24) is 4.90 Å². The summed E-state index contributed by atoms with van der Waals surface area (Å²) in [6, 6.07) is 0. The molecule has 3 saturated carbocycles. The summed E-state index contributed by atoms with van der Waals surface area (Å²) in [7, 11) is 4.40. The van der Waals surface area contributed by atoms with Gasteiger partial charge in [-0.15, -0.1) is 0 Å². The van der Waals surface area contributed by atoms with Gasteiger partial charge in [0.2, 0.25) is 0 Å². The van der Waals surface area contributed by atoms with Crippen LogP contribution in [0.2, 0.25) is 0 Å². The Kier molecular flexibility index (Phi) is 7.97. The minimum absolute atomic E-state index is 0.153. The van der Waals surface area contributed by atoms with Crippen LogP contribution in [-0.4, -0.2) is 59.5 Å². The number of hydrogen-bond donors (Lipinski definition) is 3. The molecule has 3 fully saturated rings. The maximum Gasteiger partial charge on any atom is 0.300 e. The third-order valence-electron chi connectivity index (χ3n) is 8.54. The zero-order valence-electron chi connectivity index (χ0n) is 19.2. The number of carbonyl (C=O) groups is 1. The molecular weight excluding hydrogens is 366 g/mol. The van der Waals surface area contributed by atoms with Crippen molar-refractivity contribution < 1.29 is 20.1 Å². The third kappa shape index (κ3) is 5.05. The molecular formula is C24H43NO4. The van der Waals surface area contributed by atoms with Crippen molar-refractivity contribution >= 4 is 5.97 Å². The van der Waals surface area contributed by atoms with Gasteiger partial charge < -0.3 is 20.2 Å². The summed E-state index contributed by atoms with van der Waals surface area (Å²) in [5.41, 5.74) is 1.94. The number of rotatable bonds is 4. The molecule has 0 amide bonds. The highest BCUT2D eigenvalue weighted by atomic mass is 16.4. The average Bonchev–Trinajstić information content (AvgIpc) is 2.92. The van der Waals surface area contributed by atoms with Gasteiger partial charge in [0.05, 0.1) is 6.10 Å². The van der Waals surface area contributed by atoms with Crippen molar-refractivity contribution in [2.75, 3.05) is 27.2 Å². The van der Waals surface area contributed by atoms with Crippen LogP contribution >= 0.6 is 0 Å². The molecule has 168 valence electrons. The van der Waals surface area contributed by atoms with Gasteiger partial charge >= 0.3 is 0 Å². The van der Waals surface area contributed by atoms with E-state index in [-0.39, 0.29) is 24.0 Å². The average molecular weight is 410 g/mol. The molecule has 0 radical (unpaired) electrons. The highest BCUT2D eigenvalue weighted by molar-refractivity contribution is 5.62. The molecule has 5 nitrogen and oxygen atoms in total. The summed E-state index contributed by atoms with van der Waals surface area (Å²) in [5, 5.41) is 27.7. The van der Waals surface area contributed by atoms with Crippen molar-refractivity contribution in [1.29, 1.82) is 0 Å². The molecule has 29 heavy (non-hydrogen) atoms. The third-order valence-corrected chi connectivity index (χ3v) is 8.54. The van der Waals surface area contributed by atoms with Gasteiger partial charge in [0, 0.05) is 20.1 Å². The van der Waals surface area contributed by atoms with E-state index in [1.165, 1.54) is 31.3 Å². The predicted molar refractivity (Wildman–Crippen MR) is 117 cm³/mol. The minimum atomic E-state index is -0.833. The molecule has 7 atom stereocenters. The Morgan fingerprint density at radius 3 is 2.34 bits per heavy atom. The Morgan fingerprint density at radius 1 is 1.17 bits per heavy atom. The van der Waals surface area contributed by atoms with Crippen LogP contribution in [0.3, 0.4) is 0 Å². The fraction of sp³-hybridized carbons (Fsp3) is 0.875. The Bertz CT molecular complexity index is 587. The second-order valence-electron chi connectivity index (χ2n) is 10.6. The van der Waals surface area contributed by atoms with Gasteiger partial charge in [-0.3, -0.25) is 4.79 Å². The summed E-state index contributed by atoms with van der Waals surface area (Å²) in [5.74, 6) is 1.44. The lowest BCUT2D eigenvalue weighted by molar-refractivity contribution is -0.134. The minimum Gasteiger partial charge on any atom is -0.481 e. The molecule has 3 N–H and O–H groups in total. The van der Waals surface area contributed by atoms with Crippen LogP contribution in [0.25, 0.3) is 0 Å². The fourth-order valence-electron chi connectivity index (χ4n) is 6.86. The van der Waals surface area contributed by atoms with Gasteiger partial charge in [-0.25, -0.2) is 0 Å².